The number of nitrogens with one attached hydrogen (secondary N) is 1. The zero-order chi connectivity index (χ0) is 22.8. The smallest absolute Gasteiger partial charge is 0.255 e. The summed E-state index contributed by atoms with van der Waals surface area (Å²) < 4.78 is 23.6. The van der Waals surface area contributed by atoms with E-state index in [9.17, 15) is 9.18 Å². The van der Waals surface area contributed by atoms with Gasteiger partial charge in [0.05, 0.1) is 22.6 Å². The van der Waals surface area contributed by atoms with E-state index in [0.717, 1.165) is 5.56 Å². The number of ether oxygens (including phenoxy) is 1. The first-order valence-corrected chi connectivity index (χ1v) is 10.2. The Morgan fingerprint density at radius 2 is 1.94 bits per heavy atom. The monoisotopic (exact) mass is 453 g/mol. The first kappa shape index (κ1) is 21.6. The molecular formula is C23H21ClFN5O2. The topological polar surface area (TPSA) is 74.0 Å². The van der Waals surface area contributed by atoms with E-state index >= 15 is 0 Å². The normalized spacial score (nSPS) is 10.9. The third kappa shape index (κ3) is 4.50. The van der Waals surface area contributed by atoms with Crippen molar-refractivity contribution in [3.63, 3.8) is 0 Å². The van der Waals surface area contributed by atoms with Crippen molar-refractivity contribution in [2.45, 2.75) is 20.5 Å². The molecule has 0 saturated carbocycles. The second kappa shape index (κ2) is 8.84. The van der Waals surface area contributed by atoms with Crippen LogP contribution in [0.25, 0.3) is 5.69 Å². The minimum Gasteiger partial charge on any atom is -0.489 e. The number of rotatable bonds is 6. The number of amides is 1. The number of aryl methyl sites for hydroxylation is 2. The first-order valence-electron chi connectivity index (χ1n) is 9.85. The molecule has 164 valence electrons. The molecule has 0 fully saturated rings. The molecule has 0 unspecified atom stereocenters. The summed E-state index contributed by atoms with van der Waals surface area (Å²) in [6.07, 6.45) is 3.60. The Bertz CT molecular complexity index is 1280. The highest BCUT2D eigenvalue weighted by Crippen LogP contribution is 2.25. The molecule has 7 nitrogen and oxygen atoms in total. The molecule has 0 aliphatic carbocycles. The van der Waals surface area contributed by atoms with E-state index in [0.29, 0.717) is 40.0 Å². The zero-order valence-electron chi connectivity index (χ0n) is 17.8. The quantitative estimate of drug-likeness (QED) is 0.453. The van der Waals surface area contributed by atoms with Gasteiger partial charge in [0, 0.05) is 30.1 Å². The van der Waals surface area contributed by atoms with Crippen LogP contribution in [-0.2, 0) is 13.7 Å². The van der Waals surface area contributed by atoms with Gasteiger partial charge in [-0.05, 0) is 56.3 Å². The molecule has 0 spiro atoms. The lowest BCUT2D eigenvalue weighted by Gasteiger charge is -2.10. The molecule has 1 N–H and O–H groups in total. The van der Waals surface area contributed by atoms with Gasteiger partial charge in [-0.25, -0.2) is 9.07 Å². The van der Waals surface area contributed by atoms with E-state index in [4.69, 9.17) is 16.3 Å². The lowest BCUT2D eigenvalue weighted by molar-refractivity contribution is 0.102. The number of carbonyl (C=O) groups is 1. The standard InChI is InChI=1S/C23H21ClFN5O2/c1-14-22(24)15(2)30(28-14)21-9-6-18(10-20(21)25)27-23(31)17-4-7-19(8-5-17)32-13-16-11-26-29(3)12-16/h4-12H,13H2,1-3H3,(H,27,31). The number of anilines is 1. The molecule has 4 aromatic rings. The van der Waals surface area contributed by atoms with Gasteiger partial charge in [-0.2, -0.15) is 10.2 Å². The molecule has 2 aromatic heterocycles. The summed E-state index contributed by atoms with van der Waals surface area (Å²) in [6, 6.07) is 11.1. The molecule has 0 atom stereocenters. The number of benzene rings is 2. The van der Waals surface area contributed by atoms with E-state index in [2.05, 4.69) is 15.5 Å². The van der Waals surface area contributed by atoms with Gasteiger partial charge in [-0.1, -0.05) is 11.6 Å². The maximum Gasteiger partial charge on any atom is 0.255 e. The number of hydrogen-bond acceptors (Lipinski definition) is 4. The van der Waals surface area contributed by atoms with E-state index in [1.165, 1.54) is 10.7 Å². The lowest BCUT2D eigenvalue weighted by atomic mass is 10.2. The number of halogens is 2. The highest BCUT2D eigenvalue weighted by molar-refractivity contribution is 6.31. The molecule has 2 heterocycles. The van der Waals surface area contributed by atoms with E-state index in [-0.39, 0.29) is 11.6 Å². The summed E-state index contributed by atoms with van der Waals surface area (Å²) >= 11 is 6.16. The van der Waals surface area contributed by atoms with Crippen molar-refractivity contribution in [3.8, 4) is 11.4 Å². The van der Waals surface area contributed by atoms with Crippen LogP contribution in [0.4, 0.5) is 10.1 Å². The van der Waals surface area contributed by atoms with Crippen LogP contribution >= 0.6 is 11.6 Å². The average Bonchev–Trinajstić information content (AvgIpc) is 3.30. The zero-order valence-corrected chi connectivity index (χ0v) is 18.5. The molecule has 9 heteroatoms. The van der Waals surface area contributed by atoms with Gasteiger partial charge >= 0.3 is 0 Å². The van der Waals surface area contributed by atoms with Crippen molar-refractivity contribution in [2.75, 3.05) is 5.32 Å². The molecule has 1 amide bonds. The van der Waals surface area contributed by atoms with Gasteiger partial charge < -0.3 is 10.1 Å². The maximum atomic E-state index is 14.7. The Balaban J connectivity index is 1.42. The third-order valence-electron chi connectivity index (χ3n) is 4.92. The van der Waals surface area contributed by atoms with Crippen LogP contribution < -0.4 is 10.1 Å². The van der Waals surface area contributed by atoms with E-state index < -0.39 is 5.82 Å². The summed E-state index contributed by atoms with van der Waals surface area (Å²) in [6.45, 7) is 3.90. The van der Waals surface area contributed by atoms with Crippen LogP contribution in [0.3, 0.4) is 0 Å². The SMILES string of the molecule is Cc1nn(-c2ccc(NC(=O)c3ccc(OCc4cnn(C)c4)cc3)cc2F)c(C)c1Cl. The molecule has 2 aromatic carbocycles. The lowest BCUT2D eigenvalue weighted by Crippen LogP contribution is -2.12. The number of carbonyl (C=O) groups excluding carboxylic acids is 1. The number of nitrogens with zero attached hydrogens (tertiary/aromatic N) is 4. The highest BCUT2D eigenvalue weighted by atomic mass is 35.5. The molecule has 0 bridgehead atoms. The predicted molar refractivity (Wildman–Crippen MR) is 120 cm³/mol. The second-order valence-electron chi connectivity index (χ2n) is 7.35. The summed E-state index contributed by atoms with van der Waals surface area (Å²) in [5.41, 5.74) is 3.22. The van der Waals surface area contributed by atoms with Gasteiger partial charge in [0.15, 0.2) is 5.82 Å². The first-order chi connectivity index (χ1) is 15.3. The van der Waals surface area contributed by atoms with Gasteiger partial charge in [-0.3, -0.25) is 9.48 Å². The van der Waals surface area contributed by atoms with Crippen LogP contribution in [0.15, 0.2) is 54.9 Å². The minimum absolute atomic E-state index is 0.255. The van der Waals surface area contributed by atoms with Crippen molar-refractivity contribution in [1.82, 2.24) is 19.6 Å². The van der Waals surface area contributed by atoms with Crippen molar-refractivity contribution >= 4 is 23.2 Å². The van der Waals surface area contributed by atoms with Crippen LogP contribution in [-0.4, -0.2) is 25.5 Å². The molecule has 0 saturated heterocycles. The highest BCUT2D eigenvalue weighted by Gasteiger charge is 2.15. The molecule has 4 rings (SSSR count). The Kier molecular flexibility index (Phi) is 5.96. The van der Waals surface area contributed by atoms with Crippen LogP contribution in [0.2, 0.25) is 5.02 Å². The van der Waals surface area contributed by atoms with Crippen molar-refractivity contribution < 1.29 is 13.9 Å². The maximum absolute atomic E-state index is 14.7. The van der Waals surface area contributed by atoms with Crippen LogP contribution in [0.5, 0.6) is 5.75 Å². The van der Waals surface area contributed by atoms with Crippen molar-refractivity contribution in [2.24, 2.45) is 7.05 Å². The minimum atomic E-state index is -0.524. The fraction of sp³-hybridized carbons (Fsp3) is 0.174. The molecule has 0 aliphatic heterocycles. The average molecular weight is 454 g/mol. The molecule has 32 heavy (non-hydrogen) atoms. The Morgan fingerprint density at radius 1 is 1.19 bits per heavy atom. The van der Waals surface area contributed by atoms with E-state index in [1.54, 1.807) is 61.1 Å². The fourth-order valence-corrected chi connectivity index (χ4v) is 3.35. The third-order valence-corrected chi connectivity index (χ3v) is 5.46. The van der Waals surface area contributed by atoms with Crippen molar-refractivity contribution in [3.05, 3.63) is 88.2 Å². The number of hydrogen-bond donors (Lipinski definition) is 1. The van der Waals surface area contributed by atoms with Crippen molar-refractivity contribution in [1.29, 1.82) is 0 Å². The second-order valence-corrected chi connectivity index (χ2v) is 7.73. The Morgan fingerprint density at radius 3 is 2.53 bits per heavy atom. The van der Waals surface area contributed by atoms with Crippen LogP contribution in [0, 0.1) is 19.7 Å². The number of aromatic nitrogens is 4. The summed E-state index contributed by atoms with van der Waals surface area (Å²) in [5.74, 6) is -0.251. The van der Waals surface area contributed by atoms with E-state index in [1.807, 2.05) is 13.2 Å². The molecule has 0 aliphatic rings. The van der Waals surface area contributed by atoms with Crippen LogP contribution in [0.1, 0.15) is 27.3 Å². The van der Waals surface area contributed by atoms with Gasteiger partial charge in [-0.15, -0.1) is 0 Å². The summed E-state index contributed by atoms with van der Waals surface area (Å²) in [4.78, 5) is 12.6. The van der Waals surface area contributed by atoms with Gasteiger partial charge in [0.2, 0.25) is 0 Å². The molecular weight excluding hydrogens is 433 g/mol. The largest absolute Gasteiger partial charge is 0.489 e. The summed E-state index contributed by atoms with van der Waals surface area (Å²) in [7, 11) is 1.84. The van der Waals surface area contributed by atoms with Gasteiger partial charge in [0.25, 0.3) is 5.91 Å². The molecule has 0 radical (unpaired) electrons. The van der Waals surface area contributed by atoms with Gasteiger partial charge in [0.1, 0.15) is 18.0 Å². The predicted octanol–water partition coefficient (Wildman–Crippen LogP) is 4.85. The Labute approximate surface area is 189 Å². The fourth-order valence-electron chi connectivity index (χ4n) is 3.23. The summed E-state index contributed by atoms with van der Waals surface area (Å²) in [5, 5.41) is 11.6. The Hall–Kier alpha value is -3.65.